The average Bonchev–Trinajstić information content (AvgIpc) is 2.60. The Morgan fingerprint density at radius 2 is 1.63 bits per heavy atom. The monoisotopic (exact) mass is 381 g/mol. The van der Waals surface area contributed by atoms with Gasteiger partial charge in [-0.15, -0.1) is 0 Å². The van der Waals surface area contributed by atoms with Crippen LogP contribution < -0.4 is 20.5 Å². The first-order valence-electron chi connectivity index (χ1n) is 8.20. The molecule has 0 saturated carbocycles. The molecule has 3 N–H and O–H groups in total. The summed E-state index contributed by atoms with van der Waals surface area (Å²) < 4.78 is 37.9. The van der Waals surface area contributed by atoms with E-state index < -0.39 is 11.7 Å². The van der Waals surface area contributed by atoms with Crippen molar-refractivity contribution in [2.24, 2.45) is 0 Å². The number of pyridine rings is 1. The van der Waals surface area contributed by atoms with Crippen LogP contribution in [0.2, 0.25) is 0 Å². The van der Waals surface area contributed by atoms with Crippen LogP contribution in [0, 0.1) is 0 Å². The molecule has 0 bridgehead atoms. The smallest absolute Gasteiger partial charge is 0.326 e. The molecule has 2 amide bonds. The SMILES string of the molecule is CCN(CC(=O)Nc1ccc(NC(C)=O)cc1)c1ccc(C(F)(F)F)c[nH+]1. The van der Waals surface area contributed by atoms with Crippen molar-refractivity contribution < 1.29 is 27.7 Å². The molecule has 1 aromatic heterocycles. The van der Waals surface area contributed by atoms with Gasteiger partial charge in [0.2, 0.25) is 5.91 Å². The fourth-order valence-corrected chi connectivity index (χ4v) is 2.37. The standard InChI is InChI=1S/C18H19F3N4O2/c1-3-25(16-9-4-13(10-22-16)18(19,20)21)11-17(27)24-15-7-5-14(6-8-15)23-12(2)26/h4-10H,3,11H2,1-2H3,(H,23,26)(H,24,27)/p+1. The van der Waals surface area contributed by atoms with Crippen LogP contribution in [-0.2, 0) is 15.8 Å². The molecule has 2 aromatic rings. The Morgan fingerprint density at radius 1 is 1.04 bits per heavy atom. The maximum Gasteiger partial charge on any atom is 0.419 e. The van der Waals surface area contributed by atoms with Crippen LogP contribution in [0.15, 0.2) is 42.6 Å². The number of H-pyrrole nitrogens is 1. The van der Waals surface area contributed by atoms with Gasteiger partial charge in [-0.05, 0) is 37.3 Å². The molecule has 2 rings (SSSR count). The second kappa shape index (κ2) is 8.52. The highest BCUT2D eigenvalue weighted by Gasteiger charge is 2.32. The number of amides is 2. The molecule has 0 spiro atoms. The molecule has 1 aromatic carbocycles. The molecule has 0 radical (unpaired) electrons. The minimum Gasteiger partial charge on any atom is -0.326 e. The first-order chi connectivity index (χ1) is 12.7. The number of nitrogens with zero attached hydrogens (tertiary/aromatic N) is 1. The van der Waals surface area contributed by atoms with Crippen molar-refractivity contribution in [1.82, 2.24) is 0 Å². The van der Waals surface area contributed by atoms with E-state index in [0.717, 1.165) is 12.3 Å². The van der Waals surface area contributed by atoms with Gasteiger partial charge in [0.1, 0.15) is 6.20 Å². The molecular formula is C18H20F3N4O2+. The number of carbonyl (C=O) groups is 2. The normalized spacial score (nSPS) is 11.0. The summed E-state index contributed by atoms with van der Waals surface area (Å²) in [6.45, 7) is 3.58. The van der Waals surface area contributed by atoms with Gasteiger partial charge in [0.05, 0.1) is 12.1 Å². The molecule has 0 saturated heterocycles. The molecule has 6 nitrogen and oxygen atoms in total. The molecule has 0 fully saturated rings. The van der Waals surface area contributed by atoms with E-state index in [-0.39, 0.29) is 18.4 Å². The number of nitrogens with one attached hydrogen (secondary N) is 3. The van der Waals surface area contributed by atoms with Crippen LogP contribution in [0.5, 0.6) is 0 Å². The van der Waals surface area contributed by atoms with Gasteiger partial charge >= 0.3 is 6.18 Å². The number of benzene rings is 1. The van der Waals surface area contributed by atoms with E-state index in [4.69, 9.17) is 0 Å². The fourth-order valence-electron chi connectivity index (χ4n) is 2.37. The van der Waals surface area contributed by atoms with E-state index in [2.05, 4.69) is 15.6 Å². The van der Waals surface area contributed by atoms with Gasteiger partial charge in [-0.1, -0.05) is 0 Å². The van der Waals surface area contributed by atoms with Crippen LogP contribution in [0.25, 0.3) is 0 Å². The maximum absolute atomic E-state index is 12.6. The Balaban J connectivity index is 1.99. The van der Waals surface area contributed by atoms with Crippen LogP contribution in [0.3, 0.4) is 0 Å². The molecule has 9 heteroatoms. The zero-order chi connectivity index (χ0) is 20.0. The van der Waals surface area contributed by atoms with Crippen LogP contribution in [0.1, 0.15) is 19.4 Å². The van der Waals surface area contributed by atoms with Gasteiger partial charge < -0.3 is 10.6 Å². The predicted octanol–water partition coefficient (Wildman–Crippen LogP) is 2.94. The number of carbonyl (C=O) groups excluding carboxylic acids is 2. The molecule has 0 aliphatic heterocycles. The summed E-state index contributed by atoms with van der Waals surface area (Å²) in [6, 6.07) is 8.85. The first kappa shape index (κ1) is 20.2. The Hall–Kier alpha value is -3.10. The highest BCUT2D eigenvalue weighted by molar-refractivity contribution is 5.94. The highest BCUT2D eigenvalue weighted by Crippen LogP contribution is 2.28. The Bertz CT molecular complexity index is 790. The number of anilines is 3. The number of hydrogen-bond donors (Lipinski definition) is 2. The van der Waals surface area contributed by atoms with Gasteiger partial charge in [0.15, 0.2) is 6.54 Å². The third-order valence-electron chi connectivity index (χ3n) is 3.67. The second-order valence-electron chi connectivity index (χ2n) is 5.78. The summed E-state index contributed by atoms with van der Waals surface area (Å²) >= 11 is 0. The molecule has 0 aliphatic rings. The fraction of sp³-hybridized carbons (Fsp3) is 0.278. The lowest BCUT2D eigenvalue weighted by Gasteiger charge is -2.15. The largest absolute Gasteiger partial charge is 0.419 e. The highest BCUT2D eigenvalue weighted by atomic mass is 19.4. The number of alkyl halides is 3. The molecule has 0 unspecified atom stereocenters. The molecule has 0 aliphatic carbocycles. The zero-order valence-electron chi connectivity index (χ0n) is 14.9. The van der Waals surface area contributed by atoms with E-state index in [1.807, 2.05) is 0 Å². The van der Waals surface area contributed by atoms with Crippen LogP contribution in [0.4, 0.5) is 30.4 Å². The minimum absolute atomic E-state index is 0.0359. The van der Waals surface area contributed by atoms with E-state index in [1.165, 1.54) is 13.0 Å². The van der Waals surface area contributed by atoms with Crippen molar-refractivity contribution in [2.45, 2.75) is 20.0 Å². The van der Waals surface area contributed by atoms with Gasteiger partial charge in [0, 0.05) is 24.4 Å². The minimum atomic E-state index is -4.42. The third-order valence-corrected chi connectivity index (χ3v) is 3.67. The van der Waals surface area contributed by atoms with Gasteiger partial charge in [-0.3, -0.25) is 14.5 Å². The summed E-state index contributed by atoms with van der Waals surface area (Å²) in [5.41, 5.74) is 0.364. The quantitative estimate of drug-likeness (QED) is 0.808. The first-order valence-corrected chi connectivity index (χ1v) is 8.20. The number of hydrogen-bond acceptors (Lipinski definition) is 3. The number of likely N-dealkylation sites (N-methyl/N-ethyl adjacent to an activating group) is 1. The molecule has 1 heterocycles. The summed E-state index contributed by atoms with van der Waals surface area (Å²) in [5.74, 6) is -0.114. The lowest BCUT2D eigenvalue weighted by atomic mass is 10.2. The Morgan fingerprint density at radius 3 is 2.07 bits per heavy atom. The predicted molar refractivity (Wildman–Crippen MR) is 95.3 cm³/mol. The Kier molecular flexibility index (Phi) is 6.38. The average molecular weight is 381 g/mol. The summed E-state index contributed by atoms with van der Waals surface area (Å²) in [4.78, 5) is 27.4. The van der Waals surface area contributed by atoms with Gasteiger partial charge in [-0.25, -0.2) is 4.98 Å². The second-order valence-corrected chi connectivity index (χ2v) is 5.78. The van der Waals surface area contributed by atoms with Crippen LogP contribution >= 0.6 is 0 Å². The van der Waals surface area contributed by atoms with E-state index in [1.54, 1.807) is 36.1 Å². The van der Waals surface area contributed by atoms with E-state index in [9.17, 15) is 22.8 Å². The van der Waals surface area contributed by atoms with Crippen molar-refractivity contribution in [3.8, 4) is 0 Å². The zero-order valence-corrected chi connectivity index (χ0v) is 14.9. The topological polar surface area (TPSA) is 75.6 Å². The van der Waals surface area contributed by atoms with E-state index in [0.29, 0.717) is 23.7 Å². The number of aromatic amines is 1. The summed E-state index contributed by atoms with van der Waals surface area (Å²) in [5, 5.41) is 5.32. The summed E-state index contributed by atoms with van der Waals surface area (Å²) in [6.07, 6.45) is -3.55. The van der Waals surface area contributed by atoms with Crippen LogP contribution in [-0.4, -0.2) is 24.9 Å². The number of rotatable bonds is 6. The van der Waals surface area contributed by atoms with Gasteiger partial charge in [-0.2, -0.15) is 13.2 Å². The molecule has 27 heavy (non-hydrogen) atoms. The lowest BCUT2D eigenvalue weighted by Crippen LogP contribution is -2.36. The number of aromatic nitrogens is 1. The lowest BCUT2D eigenvalue weighted by molar-refractivity contribution is -0.367. The number of halogens is 3. The molecule has 0 atom stereocenters. The Labute approximate surface area is 154 Å². The van der Waals surface area contributed by atoms with Crippen molar-refractivity contribution in [3.05, 3.63) is 48.2 Å². The van der Waals surface area contributed by atoms with Crippen molar-refractivity contribution in [3.63, 3.8) is 0 Å². The van der Waals surface area contributed by atoms with Crippen molar-refractivity contribution >= 4 is 29.0 Å². The van der Waals surface area contributed by atoms with Crippen molar-refractivity contribution in [1.29, 1.82) is 0 Å². The van der Waals surface area contributed by atoms with E-state index >= 15 is 0 Å². The third kappa shape index (κ3) is 5.98. The van der Waals surface area contributed by atoms with Crippen molar-refractivity contribution in [2.75, 3.05) is 28.6 Å². The summed E-state index contributed by atoms with van der Waals surface area (Å²) in [7, 11) is 0. The maximum atomic E-state index is 12.6. The molecule has 144 valence electrons. The van der Waals surface area contributed by atoms with Gasteiger partial charge in [0.25, 0.3) is 11.7 Å². The molecular weight excluding hydrogens is 361 g/mol.